The summed E-state index contributed by atoms with van der Waals surface area (Å²) < 4.78 is 18.7. The van der Waals surface area contributed by atoms with Crippen LogP contribution in [0.1, 0.15) is 55.3 Å². The van der Waals surface area contributed by atoms with Crippen LogP contribution in [0.15, 0.2) is 53.6 Å². The number of carbonyl (C=O) groups is 2. The molecule has 0 saturated carbocycles. The molecule has 2 atom stereocenters. The summed E-state index contributed by atoms with van der Waals surface area (Å²) in [5.41, 5.74) is 3.66. The van der Waals surface area contributed by atoms with Gasteiger partial charge in [0, 0.05) is 6.42 Å². The zero-order valence-electron chi connectivity index (χ0n) is 19.2. The number of carbonyl (C=O) groups excluding carboxylic acids is 2. The fourth-order valence-electron chi connectivity index (χ4n) is 4.69. The summed E-state index contributed by atoms with van der Waals surface area (Å²) in [6.07, 6.45) is 3.12. The van der Waals surface area contributed by atoms with Crippen molar-refractivity contribution in [3.63, 3.8) is 0 Å². The van der Waals surface area contributed by atoms with Crippen molar-refractivity contribution in [2.24, 2.45) is 5.10 Å². The molecule has 2 heterocycles. The van der Waals surface area contributed by atoms with Crippen LogP contribution in [0.2, 0.25) is 0 Å². The number of rotatable bonds is 6. The molecule has 0 radical (unpaired) electrons. The van der Waals surface area contributed by atoms with E-state index in [0.717, 1.165) is 35.2 Å². The minimum atomic E-state index is -0.400. The lowest BCUT2D eigenvalue weighted by Crippen LogP contribution is -2.49. The Balaban J connectivity index is 1.60. The molecule has 7 heteroatoms. The van der Waals surface area contributed by atoms with E-state index in [0.29, 0.717) is 26.0 Å². The zero-order valence-corrected chi connectivity index (χ0v) is 19.2. The van der Waals surface area contributed by atoms with Gasteiger partial charge >= 0.3 is 5.97 Å². The van der Waals surface area contributed by atoms with Gasteiger partial charge < -0.3 is 4.74 Å². The van der Waals surface area contributed by atoms with E-state index in [-0.39, 0.29) is 30.3 Å². The second-order valence-corrected chi connectivity index (χ2v) is 8.60. The zero-order chi connectivity index (χ0) is 23.4. The van der Waals surface area contributed by atoms with E-state index >= 15 is 0 Å². The quantitative estimate of drug-likeness (QED) is 0.617. The molecule has 2 aliphatic rings. The topological polar surface area (TPSA) is 62.2 Å². The fourth-order valence-corrected chi connectivity index (χ4v) is 4.69. The van der Waals surface area contributed by atoms with Crippen LogP contribution in [-0.2, 0) is 14.3 Å². The molecule has 0 spiro atoms. The smallest absolute Gasteiger partial charge is 0.323 e. The van der Waals surface area contributed by atoms with Gasteiger partial charge in [-0.1, -0.05) is 42.8 Å². The molecule has 174 valence electrons. The number of likely N-dealkylation sites (tertiary alicyclic amines) is 1. The number of piperidine rings is 1. The molecule has 2 aliphatic heterocycles. The van der Waals surface area contributed by atoms with E-state index in [9.17, 15) is 14.0 Å². The third-order valence-electron chi connectivity index (χ3n) is 6.40. The van der Waals surface area contributed by atoms with Crippen molar-refractivity contribution in [1.82, 2.24) is 9.91 Å². The highest BCUT2D eigenvalue weighted by molar-refractivity contribution is 6.03. The van der Waals surface area contributed by atoms with Crippen LogP contribution in [0.3, 0.4) is 0 Å². The van der Waals surface area contributed by atoms with E-state index in [1.807, 2.05) is 36.1 Å². The van der Waals surface area contributed by atoms with Crippen LogP contribution in [0.4, 0.5) is 4.39 Å². The Bertz CT molecular complexity index is 1040. The van der Waals surface area contributed by atoms with Gasteiger partial charge in [-0.05, 0) is 62.1 Å². The second-order valence-electron chi connectivity index (χ2n) is 8.60. The van der Waals surface area contributed by atoms with Crippen LogP contribution in [0, 0.1) is 12.7 Å². The van der Waals surface area contributed by atoms with Gasteiger partial charge in [0.15, 0.2) is 0 Å². The van der Waals surface area contributed by atoms with Crippen molar-refractivity contribution in [3.8, 4) is 0 Å². The van der Waals surface area contributed by atoms with E-state index < -0.39 is 6.04 Å². The molecule has 0 aromatic heterocycles. The lowest BCUT2D eigenvalue weighted by atomic mass is 9.95. The molecular weight excluding hydrogens is 421 g/mol. The van der Waals surface area contributed by atoms with Crippen LogP contribution in [0.25, 0.3) is 0 Å². The number of ether oxygens (including phenoxy) is 1. The van der Waals surface area contributed by atoms with Crippen LogP contribution in [0.5, 0.6) is 0 Å². The molecule has 0 bridgehead atoms. The van der Waals surface area contributed by atoms with Crippen LogP contribution in [-0.4, -0.2) is 53.2 Å². The average molecular weight is 452 g/mol. The van der Waals surface area contributed by atoms with Gasteiger partial charge in [-0.2, -0.15) is 5.10 Å². The van der Waals surface area contributed by atoms with Gasteiger partial charge in [0.05, 0.1) is 24.9 Å². The van der Waals surface area contributed by atoms with Crippen molar-refractivity contribution >= 4 is 17.6 Å². The molecule has 0 aliphatic carbocycles. The molecule has 2 aromatic rings. The molecule has 1 amide bonds. The lowest BCUT2D eigenvalue weighted by Gasteiger charge is -2.34. The lowest BCUT2D eigenvalue weighted by molar-refractivity contribution is -0.152. The third kappa shape index (κ3) is 5.14. The van der Waals surface area contributed by atoms with Crippen molar-refractivity contribution in [2.45, 2.75) is 51.6 Å². The Morgan fingerprint density at radius 2 is 1.88 bits per heavy atom. The number of hydrazone groups is 1. The van der Waals surface area contributed by atoms with Gasteiger partial charge in [-0.15, -0.1) is 0 Å². The first-order valence-corrected chi connectivity index (χ1v) is 11.6. The first-order valence-electron chi connectivity index (χ1n) is 11.6. The number of nitrogens with zero attached hydrogens (tertiary/aromatic N) is 3. The summed E-state index contributed by atoms with van der Waals surface area (Å²) in [7, 11) is 0. The number of aryl methyl sites for hydroxylation is 1. The van der Waals surface area contributed by atoms with E-state index in [1.54, 1.807) is 24.1 Å². The number of hydrogen-bond donors (Lipinski definition) is 0. The number of benzene rings is 2. The van der Waals surface area contributed by atoms with Gasteiger partial charge in [0.25, 0.3) is 5.91 Å². The van der Waals surface area contributed by atoms with E-state index in [1.165, 1.54) is 12.1 Å². The van der Waals surface area contributed by atoms with E-state index in [4.69, 9.17) is 9.84 Å². The predicted molar refractivity (Wildman–Crippen MR) is 124 cm³/mol. The standard InChI is InChI=1S/C26H30FN3O3/c1-3-33-26(32)23-10-6-7-15-29(23)17-25(31)30-24(21-9-5-4-8-18(21)2)16-22(28-30)19-11-13-20(27)14-12-19/h4-5,8-9,11-14,23-24H,3,6-7,10,15-17H2,1-2H3/t23-,24-/m1/s1. The van der Waals surface area contributed by atoms with Gasteiger partial charge in [-0.3, -0.25) is 14.5 Å². The van der Waals surface area contributed by atoms with Crippen molar-refractivity contribution < 1.29 is 18.7 Å². The summed E-state index contributed by atoms with van der Waals surface area (Å²) in [6, 6.07) is 13.5. The van der Waals surface area contributed by atoms with E-state index in [2.05, 4.69) is 0 Å². The third-order valence-corrected chi connectivity index (χ3v) is 6.40. The van der Waals surface area contributed by atoms with Crippen LogP contribution < -0.4 is 0 Å². The van der Waals surface area contributed by atoms with Gasteiger partial charge in [0.1, 0.15) is 11.9 Å². The van der Waals surface area contributed by atoms with Crippen molar-refractivity contribution in [2.75, 3.05) is 19.7 Å². The Morgan fingerprint density at radius 1 is 1.12 bits per heavy atom. The fraction of sp³-hybridized carbons (Fsp3) is 0.423. The highest BCUT2D eigenvalue weighted by atomic mass is 19.1. The SMILES string of the molecule is CCOC(=O)[C@H]1CCCCN1CC(=O)N1N=C(c2ccc(F)cc2)C[C@@H]1c1ccccc1C. The Labute approximate surface area is 194 Å². The highest BCUT2D eigenvalue weighted by Crippen LogP contribution is 2.35. The molecule has 33 heavy (non-hydrogen) atoms. The minimum Gasteiger partial charge on any atom is -0.465 e. The molecule has 0 N–H and O–H groups in total. The van der Waals surface area contributed by atoms with Gasteiger partial charge in [0.2, 0.25) is 0 Å². The van der Waals surface area contributed by atoms with Gasteiger partial charge in [-0.25, -0.2) is 9.40 Å². The maximum absolute atomic E-state index is 13.5. The number of hydrogen-bond acceptors (Lipinski definition) is 5. The highest BCUT2D eigenvalue weighted by Gasteiger charge is 2.37. The molecule has 0 unspecified atom stereocenters. The number of halogens is 1. The first-order chi connectivity index (χ1) is 16.0. The second kappa shape index (κ2) is 10.3. The molecular formula is C26H30FN3O3. The monoisotopic (exact) mass is 451 g/mol. The van der Waals surface area contributed by atoms with Crippen LogP contribution >= 0.6 is 0 Å². The first kappa shape index (κ1) is 23.1. The molecule has 1 fully saturated rings. The summed E-state index contributed by atoms with van der Waals surface area (Å²) in [5, 5.41) is 6.25. The molecule has 4 rings (SSSR count). The normalized spacial score (nSPS) is 21.1. The molecule has 2 aromatic carbocycles. The predicted octanol–water partition coefficient (Wildman–Crippen LogP) is 4.23. The largest absolute Gasteiger partial charge is 0.465 e. The number of esters is 1. The Hall–Kier alpha value is -3.06. The Morgan fingerprint density at radius 3 is 2.61 bits per heavy atom. The van der Waals surface area contributed by atoms with Crippen molar-refractivity contribution in [3.05, 3.63) is 71.0 Å². The average Bonchev–Trinajstić information content (AvgIpc) is 3.26. The summed E-state index contributed by atoms with van der Waals surface area (Å²) in [5.74, 6) is -0.732. The number of amides is 1. The molecule has 1 saturated heterocycles. The molecule has 6 nitrogen and oxygen atoms in total. The minimum absolute atomic E-state index is 0.103. The summed E-state index contributed by atoms with van der Waals surface area (Å²) in [4.78, 5) is 27.9. The maximum Gasteiger partial charge on any atom is 0.323 e. The summed E-state index contributed by atoms with van der Waals surface area (Å²) in [6.45, 7) is 4.91. The maximum atomic E-state index is 13.5. The van der Waals surface area contributed by atoms with Crippen molar-refractivity contribution in [1.29, 1.82) is 0 Å². The summed E-state index contributed by atoms with van der Waals surface area (Å²) >= 11 is 0. The Kier molecular flexibility index (Phi) is 7.18.